The number of carbonyl (C=O) groups is 1. The highest BCUT2D eigenvalue weighted by atomic mass is 32.2. The molecule has 1 aromatic heterocycles. The number of hydrogen-bond donors (Lipinski definition) is 1. The van der Waals surface area contributed by atoms with Crippen LogP contribution in [0.5, 0.6) is 0 Å². The van der Waals surface area contributed by atoms with E-state index in [2.05, 4.69) is 46.4 Å². The summed E-state index contributed by atoms with van der Waals surface area (Å²) in [6.45, 7) is 5.49. The third-order valence-corrected chi connectivity index (χ3v) is 9.29. The average Bonchev–Trinajstić information content (AvgIpc) is 3.51. The SMILES string of the molecule is CN1CCN(CCCNC(=O)c2sccc2S(=O)(=O)N2CCCC2)C(c2ccccc2)C1. The summed E-state index contributed by atoms with van der Waals surface area (Å²) in [7, 11) is -1.44. The number of amides is 1. The second-order valence-corrected chi connectivity index (χ2v) is 11.4. The molecule has 0 radical (unpaired) electrons. The molecule has 2 aliphatic rings. The lowest BCUT2D eigenvalue weighted by Crippen LogP contribution is -2.47. The summed E-state index contributed by atoms with van der Waals surface area (Å²) in [4.78, 5) is 18.0. The van der Waals surface area contributed by atoms with E-state index in [1.165, 1.54) is 21.2 Å². The minimum absolute atomic E-state index is 0.144. The van der Waals surface area contributed by atoms with Crippen molar-refractivity contribution >= 4 is 27.3 Å². The van der Waals surface area contributed by atoms with Crippen LogP contribution < -0.4 is 5.32 Å². The number of nitrogens with zero attached hydrogens (tertiary/aromatic N) is 3. The van der Waals surface area contributed by atoms with Crippen molar-refractivity contribution in [2.75, 3.05) is 52.9 Å². The average molecular weight is 477 g/mol. The zero-order valence-corrected chi connectivity index (χ0v) is 20.2. The summed E-state index contributed by atoms with van der Waals surface area (Å²) in [5, 5.41) is 4.63. The van der Waals surface area contributed by atoms with Gasteiger partial charge < -0.3 is 10.2 Å². The Labute approximate surface area is 195 Å². The van der Waals surface area contributed by atoms with Gasteiger partial charge in [0.1, 0.15) is 9.77 Å². The molecule has 2 aromatic rings. The normalized spacial score (nSPS) is 21.1. The van der Waals surface area contributed by atoms with Gasteiger partial charge in [-0.2, -0.15) is 4.31 Å². The molecule has 174 valence electrons. The van der Waals surface area contributed by atoms with Gasteiger partial charge in [-0.15, -0.1) is 11.3 Å². The molecule has 1 atom stereocenters. The van der Waals surface area contributed by atoms with Gasteiger partial charge in [-0.05, 0) is 43.3 Å². The molecule has 3 heterocycles. The van der Waals surface area contributed by atoms with Gasteiger partial charge in [0.25, 0.3) is 5.91 Å². The van der Waals surface area contributed by atoms with Gasteiger partial charge in [-0.1, -0.05) is 30.3 Å². The Morgan fingerprint density at radius 2 is 1.84 bits per heavy atom. The molecule has 4 rings (SSSR count). The van der Waals surface area contributed by atoms with Crippen LogP contribution >= 0.6 is 11.3 Å². The minimum atomic E-state index is -3.59. The van der Waals surface area contributed by atoms with Crippen molar-refractivity contribution < 1.29 is 13.2 Å². The molecule has 1 aromatic carbocycles. The van der Waals surface area contributed by atoms with Crippen LogP contribution in [0, 0.1) is 0 Å². The van der Waals surface area contributed by atoms with Crippen LogP contribution in [-0.4, -0.2) is 81.3 Å². The number of nitrogens with one attached hydrogen (secondary N) is 1. The van der Waals surface area contributed by atoms with E-state index < -0.39 is 10.0 Å². The lowest BCUT2D eigenvalue weighted by molar-refractivity contribution is 0.0866. The van der Waals surface area contributed by atoms with Gasteiger partial charge in [0.05, 0.1) is 0 Å². The van der Waals surface area contributed by atoms with Gasteiger partial charge in [-0.25, -0.2) is 8.42 Å². The predicted octanol–water partition coefficient (Wildman–Crippen LogP) is 2.64. The molecule has 1 unspecified atom stereocenters. The van der Waals surface area contributed by atoms with Crippen molar-refractivity contribution in [1.29, 1.82) is 0 Å². The number of rotatable bonds is 8. The molecule has 9 heteroatoms. The van der Waals surface area contributed by atoms with E-state index in [9.17, 15) is 13.2 Å². The Morgan fingerprint density at radius 3 is 2.59 bits per heavy atom. The number of hydrogen-bond acceptors (Lipinski definition) is 6. The first-order valence-corrected chi connectivity index (χ1v) is 13.6. The predicted molar refractivity (Wildman–Crippen MR) is 128 cm³/mol. The van der Waals surface area contributed by atoms with Crippen LogP contribution in [0.3, 0.4) is 0 Å². The van der Waals surface area contributed by atoms with Crippen LogP contribution in [0.1, 0.15) is 40.5 Å². The molecule has 1 N–H and O–H groups in total. The van der Waals surface area contributed by atoms with Crippen molar-refractivity contribution in [3.63, 3.8) is 0 Å². The van der Waals surface area contributed by atoms with Crippen LogP contribution in [0.4, 0.5) is 0 Å². The quantitative estimate of drug-likeness (QED) is 0.593. The van der Waals surface area contributed by atoms with E-state index in [0.29, 0.717) is 30.6 Å². The number of likely N-dealkylation sites (N-methyl/N-ethyl adjacent to an activating group) is 1. The van der Waals surface area contributed by atoms with Gasteiger partial charge in [0, 0.05) is 51.9 Å². The van der Waals surface area contributed by atoms with E-state index in [1.54, 1.807) is 11.4 Å². The number of thiophene rings is 1. The number of piperazine rings is 1. The topological polar surface area (TPSA) is 73.0 Å². The monoisotopic (exact) mass is 476 g/mol. The van der Waals surface area contributed by atoms with Crippen molar-refractivity contribution in [3.8, 4) is 0 Å². The summed E-state index contributed by atoms with van der Waals surface area (Å²) in [5.74, 6) is -0.296. The zero-order valence-electron chi connectivity index (χ0n) is 18.6. The maximum absolute atomic E-state index is 12.9. The fourth-order valence-corrected chi connectivity index (χ4v) is 7.35. The molecule has 0 spiro atoms. The molecular weight excluding hydrogens is 444 g/mol. The van der Waals surface area contributed by atoms with Crippen molar-refractivity contribution in [1.82, 2.24) is 19.4 Å². The first-order chi connectivity index (χ1) is 15.5. The second-order valence-electron chi connectivity index (χ2n) is 8.56. The molecule has 32 heavy (non-hydrogen) atoms. The van der Waals surface area contributed by atoms with Crippen LogP contribution in [-0.2, 0) is 10.0 Å². The Morgan fingerprint density at radius 1 is 1.09 bits per heavy atom. The fraction of sp³-hybridized carbons (Fsp3) is 0.522. The van der Waals surface area contributed by atoms with Crippen molar-refractivity contribution in [3.05, 3.63) is 52.2 Å². The molecule has 1 amide bonds. The van der Waals surface area contributed by atoms with Crippen LogP contribution in [0.2, 0.25) is 0 Å². The Bertz CT molecular complexity index is 1000. The van der Waals surface area contributed by atoms with Gasteiger partial charge in [0.2, 0.25) is 10.0 Å². The lowest BCUT2D eigenvalue weighted by Gasteiger charge is -2.40. The smallest absolute Gasteiger partial charge is 0.262 e. The number of benzene rings is 1. The fourth-order valence-electron chi connectivity index (χ4n) is 4.51. The molecule has 0 aliphatic carbocycles. The molecular formula is C23H32N4O3S2. The molecule has 0 bridgehead atoms. The van der Waals surface area contributed by atoms with E-state index in [1.807, 2.05) is 6.07 Å². The van der Waals surface area contributed by atoms with Gasteiger partial charge in [0.15, 0.2) is 0 Å². The molecule has 2 saturated heterocycles. The molecule has 7 nitrogen and oxygen atoms in total. The van der Waals surface area contributed by atoms with E-state index >= 15 is 0 Å². The molecule has 2 aliphatic heterocycles. The van der Waals surface area contributed by atoms with Gasteiger partial charge >= 0.3 is 0 Å². The van der Waals surface area contributed by atoms with E-state index in [4.69, 9.17) is 0 Å². The third kappa shape index (κ3) is 5.23. The standard InChI is InChI=1S/C23H32N4O3S2/c1-25-15-16-26(20(18-25)19-8-3-2-4-9-19)12-7-11-24-23(28)22-21(10-17-31-22)32(29,30)27-13-5-6-14-27/h2-4,8-10,17,20H,5-7,11-16,18H2,1H3,(H,24,28). The lowest BCUT2D eigenvalue weighted by atomic mass is 10.0. The maximum Gasteiger partial charge on any atom is 0.262 e. The summed E-state index contributed by atoms with van der Waals surface area (Å²) in [6, 6.07) is 12.5. The van der Waals surface area contributed by atoms with Crippen molar-refractivity contribution in [2.45, 2.75) is 30.2 Å². The number of carbonyl (C=O) groups excluding carboxylic acids is 1. The van der Waals surface area contributed by atoms with E-state index in [-0.39, 0.29) is 10.8 Å². The highest BCUT2D eigenvalue weighted by Gasteiger charge is 2.32. The third-order valence-electron chi connectivity index (χ3n) is 6.30. The largest absolute Gasteiger partial charge is 0.351 e. The Balaban J connectivity index is 1.32. The summed E-state index contributed by atoms with van der Waals surface area (Å²) in [6.07, 6.45) is 2.57. The van der Waals surface area contributed by atoms with Gasteiger partial charge in [-0.3, -0.25) is 9.69 Å². The Kier molecular flexibility index (Phi) is 7.63. The first kappa shape index (κ1) is 23.4. The van der Waals surface area contributed by atoms with Crippen LogP contribution in [0.25, 0.3) is 0 Å². The summed E-state index contributed by atoms with van der Waals surface area (Å²) < 4.78 is 27.3. The first-order valence-electron chi connectivity index (χ1n) is 11.3. The van der Waals surface area contributed by atoms with Crippen LogP contribution in [0.15, 0.2) is 46.7 Å². The minimum Gasteiger partial charge on any atom is -0.351 e. The molecule has 0 saturated carbocycles. The highest BCUT2D eigenvalue weighted by molar-refractivity contribution is 7.89. The Hall–Kier alpha value is -1.78. The number of sulfonamides is 1. The van der Waals surface area contributed by atoms with E-state index in [0.717, 1.165) is 45.4 Å². The summed E-state index contributed by atoms with van der Waals surface area (Å²) in [5.41, 5.74) is 1.32. The second kappa shape index (κ2) is 10.4. The zero-order chi connectivity index (χ0) is 22.6. The highest BCUT2D eigenvalue weighted by Crippen LogP contribution is 2.28. The molecule has 2 fully saturated rings. The maximum atomic E-state index is 12.9. The van der Waals surface area contributed by atoms with Crippen molar-refractivity contribution in [2.24, 2.45) is 0 Å². The summed E-state index contributed by atoms with van der Waals surface area (Å²) >= 11 is 1.19.